The summed E-state index contributed by atoms with van der Waals surface area (Å²) in [5.41, 5.74) is 5.59. The molecule has 1 aromatic carbocycles. The van der Waals surface area contributed by atoms with Crippen LogP contribution in [0.3, 0.4) is 0 Å². The molecule has 6 heteroatoms. The summed E-state index contributed by atoms with van der Waals surface area (Å²) >= 11 is 6.12. The highest BCUT2D eigenvalue weighted by Gasteiger charge is 2.16. The number of fused-ring (bicyclic) bond motifs is 1. The van der Waals surface area contributed by atoms with Crippen LogP contribution in [0.5, 0.6) is 0 Å². The molecule has 0 spiro atoms. The Hall–Kier alpha value is -3.18. The first kappa shape index (κ1) is 17.2. The lowest BCUT2D eigenvalue weighted by Crippen LogP contribution is -2.03. The fourth-order valence-corrected chi connectivity index (χ4v) is 3.23. The van der Waals surface area contributed by atoms with Crippen molar-refractivity contribution in [2.75, 3.05) is 0 Å². The second-order valence-electron chi connectivity index (χ2n) is 6.37. The lowest BCUT2D eigenvalue weighted by atomic mass is 10.0. The first-order chi connectivity index (χ1) is 13.0. The molecule has 0 saturated carbocycles. The largest absolute Gasteiger partial charge is 0.477 e. The van der Waals surface area contributed by atoms with Gasteiger partial charge in [0.25, 0.3) is 0 Å². The van der Waals surface area contributed by atoms with Gasteiger partial charge in [0.05, 0.1) is 16.2 Å². The number of aromatic carboxylic acids is 1. The molecule has 0 aliphatic heterocycles. The number of hydrogen-bond acceptors (Lipinski definition) is 3. The number of halogens is 1. The molecule has 0 radical (unpaired) electrons. The number of aromatic nitrogens is 3. The fourth-order valence-electron chi connectivity index (χ4n) is 3.07. The zero-order valence-electron chi connectivity index (χ0n) is 14.6. The number of carboxylic acid groups (broad SMARTS) is 1. The molecule has 0 saturated heterocycles. The van der Waals surface area contributed by atoms with E-state index in [-0.39, 0.29) is 5.69 Å². The van der Waals surface area contributed by atoms with Crippen molar-refractivity contribution in [2.45, 2.75) is 13.3 Å². The van der Waals surface area contributed by atoms with Crippen molar-refractivity contribution in [1.29, 1.82) is 0 Å². The lowest BCUT2D eigenvalue weighted by molar-refractivity contribution is 0.0690. The first-order valence-corrected chi connectivity index (χ1v) is 8.82. The molecular weight excluding hydrogens is 362 g/mol. The Morgan fingerprint density at radius 3 is 2.63 bits per heavy atom. The van der Waals surface area contributed by atoms with Crippen LogP contribution >= 0.6 is 11.6 Å². The molecule has 0 unspecified atom stereocenters. The molecule has 4 aromatic rings. The van der Waals surface area contributed by atoms with E-state index in [2.05, 4.69) is 4.98 Å². The van der Waals surface area contributed by atoms with E-state index in [1.807, 2.05) is 49.4 Å². The molecule has 0 bridgehead atoms. The Morgan fingerprint density at radius 2 is 1.89 bits per heavy atom. The van der Waals surface area contributed by atoms with Crippen molar-refractivity contribution in [3.8, 4) is 11.3 Å². The minimum atomic E-state index is -1.04. The third-order valence-corrected chi connectivity index (χ3v) is 4.63. The molecule has 0 amide bonds. The number of pyridine rings is 2. The van der Waals surface area contributed by atoms with Gasteiger partial charge in [-0.1, -0.05) is 47.5 Å². The maximum atomic E-state index is 11.2. The van der Waals surface area contributed by atoms with Gasteiger partial charge in [0, 0.05) is 29.4 Å². The number of aryl methyl sites for hydroxylation is 1. The second kappa shape index (κ2) is 6.85. The minimum Gasteiger partial charge on any atom is -0.477 e. The van der Waals surface area contributed by atoms with Gasteiger partial charge in [-0.2, -0.15) is 5.10 Å². The zero-order chi connectivity index (χ0) is 19.0. The molecule has 3 heterocycles. The van der Waals surface area contributed by atoms with E-state index >= 15 is 0 Å². The first-order valence-electron chi connectivity index (χ1n) is 8.44. The fraction of sp³-hybridized carbons (Fsp3) is 0.0952. The molecule has 0 fully saturated rings. The Labute approximate surface area is 160 Å². The van der Waals surface area contributed by atoms with Crippen molar-refractivity contribution in [3.05, 3.63) is 88.3 Å². The van der Waals surface area contributed by atoms with Crippen LogP contribution in [0.2, 0.25) is 5.02 Å². The zero-order valence-corrected chi connectivity index (χ0v) is 15.3. The summed E-state index contributed by atoms with van der Waals surface area (Å²) in [5.74, 6) is -1.04. The molecule has 0 aliphatic carbocycles. The van der Waals surface area contributed by atoms with Crippen LogP contribution in [0.15, 0.2) is 60.8 Å². The van der Waals surface area contributed by atoms with Gasteiger partial charge < -0.3 is 5.11 Å². The Balaban J connectivity index is 1.87. The Bertz CT molecular complexity index is 1150. The highest BCUT2D eigenvalue weighted by atomic mass is 35.5. The highest BCUT2D eigenvalue weighted by Crippen LogP contribution is 2.29. The van der Waals surface area contributed by atoms with Gasteiger partial charge in [-0.25, -0.2) is 14.3 Å². The van der Waals surface area contributed by atoms with E-state index in [0.29, 0.717) is 17.1 Å². The molecule has 1 N–H and O–H groups in total. The van der Waals surface area contributed by atoms with Crippen molar-refractivity contribution in [1.82, 2.24) is 14.6 Å². The van der Waals surface area contributed by atoms with Gasteiger partial charge in [-0.15, -0.1) is 0 Å². The van der Waals surface area contributed by atoms with Gasteiger partial charge in [0.2, 0.25) is 0 Å². The quantitative estimate of drug-likeness (QED) is 0.562. The average Bonchev–Trinajstić information content (AvgIpc) is 3.00. The number of hydrogen-bond donors (Lipinski definition) is 1. The van der Waals surface area contributed by atoms with Crippen LogP contribution in [-0.2, 0) is 6.42 Å². The van der Waals surface area contributed by atoms with Crippen LogP contribution < -0.4 is 0 Å². The molecule has 0 aliphatic rings. The summed E-state index contributed by atoms with van der Waals surface area (Å²) in [6.45, 7) is 2.04. The molecule has 4 rings (SSSR count). The minimum absolute atomic E-state index is 0.0314. The normalized spacial score (nSPS) is 11.0. The van der Waals surface area contributed by atoms with Crippen molar-refractivity contribution in [3.63, 3.8) is 0 Å². The maximum absolute atomic E-state index is 11.2. The van der Waals surface area contributed by atoms with E-state index in [9.17, 15) is 9.90 Å². The van der Waals surface area contributed by atoms with Gasteiger partial charge in [-0.05, 0) is 31.2 Å². The van der Waals surface area contributed by atoms with Crippen LogP contribution in [0.1, 0.15) is 27.3 Å². The van der Waals surface area contributed by atoms with Crippen molar-refractivity contribution in [2.24, 2.45) is 0 Å². The van der Waals surface area contributed by atoms with Gasteiger partial charge in [0.1, 0.15) is 5.69 Å². The van der Waals surface area contributed by atoms with Gasteiger partial charge in [-0.3, -0.25) is 0 Å². The molecule has 5 nitrogen and oxygen atoms in total. The van der Waals surface area contributed by atoms with Crippen LogP contribution in [0.25, 0.3) is 16.8 Å². The number of carboxylic acids is 1. The standard InChI is InChI=1S/C21H16ClN3O2/c1-13-5-7-14(8-6-13)20-17(19-10-9-15(22)12-25(19)24-20)11-16-3-2-4-18(23-16)21(26)27/h2-10,12H,11H2,1H3,(H,26,27). The van der Waals surface area contributed by atoms with E-state index in [1.54, 1.807) is 16.8 Å². The highest BCUT2D eigenvalue weighted by molar-refractivity contribution is 6.30. The van der Waals surface area contributed by atoms with Crippen LogP contribution in [0.4, 0.5) is 0 Å². The summed E-state index contributed by atoms with van der Waals surface area (Å²) in [5, 5.41) is 14.5. The molecule has 27 heavy (non-hydrogen) atoms. The van der Waals surface area contributed by atoms with E-state index in [4.69, 9.17) is 16.7 Å². The SMILES string of the molecule is Cc1ccc(-c2nn3cc(Cl)ccc3c2Cc2cccc(C(=O)O)n2)cc1. The summed E-state index contributed by atoms with van der Waals surface area (Å²) in [6, 6.07) is 16.9. The van der Waals surface area contributed by atoms with Gasteiger partial charge in [0.15, 0.2) is 0 Å². The average molecular weight is 378 g/mol. The predicted molar refractivity (Wildman–Crippen MR) is 104 cm³/mol. The topological polar surface area (TPSA) is 67.5 Å². The second-order valence-corrected chi connectivity index (χ2v) is 6.80. The lowest BCUT2D eigenvalue weighted by Gasteiger charge is -2.05. The molecule has 3 aromatic heterocycles. The Kier molecular flexibility index (Phi) is 4.38. The van der Waals surface area contributed by atoms with E-state index in [1.165, 1.54) is 11.6 Å². The van der Waals surface area contributed by atoms with E-state index in [0.717, 1.165) is 22.3 Å². The maximum Gasteiger partial charge on any atom is 0.354 e. The predicted octanol–water partition coefficient (Wildman–Crippen LogP) is 4.65. The Morgan fingerprint density at radius 1 is 1.11 bits per heavy atom. The van der Waals surface area contributed by atoms with Crippen molar-refractivity contribution < 1.29 is 9.90 Å². The van der Waals surface area contributed by atoms with Crippen LogP contribution in [0, 0.1) is 6.92 Å². The smallest absolute Gasteiger partial charge is 0.354 e. The monoisotopic (exact) mass is 377 g/mol. The van der Waals surface area contributed by atoms with Crippen LogP contribution in [-0.4, -0.2) is 25.7 Å². The van der Waals surface area contributed by atoms with E-state index < -0.39 is 5.97 Å². The number of benzene rings is 1. The third-order valence-electron chi connectivity index (χ3n) is 4.40. The molecular formula is C21H16ClN3O2. The number of rotatable bonds is 4. The number of carbonyl (C=O) groups is 1. The summed E-state index contributed by atoms with van der Waals surface area (Å²) in [7, 11) is 0. The summed E-state index contributed by atoms with van der Waals surface area (Å²) < 4.78 is 1.76. The number of nitrogens with zero attached hydrogens (tertiary/aromatic N) is 3. The third kappa shape index (κ3) is 3.41. The summed E-state index contributed by atoms with van der Waals surface area (Å²) in [6.07, 6.45) is 2.23. The van der Waals surface area contributed by atoms with Gasteiger partial charge >= 0.3 is 5.97 Å². The summed E-state index contributed by atoms with van der Waals surface area (Å²) in [4.78, 5) is 15.5. The molecule has 134 valence electrons. The van der Waals surface area contributed by atoms with Crippen molar-refractivity contribution >= 4 is 23.1 Å². The molecule has 0 atom stereocenters.